The molecule has 1 atom stereocenters. The maximum absolute atomic E-state index is 13.0. The molecule has 1 heterocycles. The first kappa shape index (κ1) is 19.4. The van der Waals surface area contributed by atoms with Crippen LogP contribution in [-0.4, -0.2) is 23.9 Å². The zero-order valence-electron chi connectivity index (χ0n) is 14.6. The first-order valence-electron chi connectivity index (χ1n) is 8.76. The zero-order chi connectivity index (χ0) is 19.4. The number of hydrogen-bond donors (Lipinski definition) is 1. The molecule has 0 aliphatic carbocycles. The van der Waals surface area contributed by atoms with Gasteiger partial charge in [-0.15, -0.1) is 0 Å². The lowest BCUT2D eigenvalue weighted by Gasteiger charge is -2.32. The van der Waals surface area contributed by atoms with Gasteiger partial charge in [-0.2, -0.15) is 13.2 Å². The quantitative estimate of drug-likeness (QED) is 0.780. The molecule has 1 amide bonds. The maximum atomic E-state index is 13.0. The van der Waals surface area contributed by atoms with Crippen molar-refractivity contribution in [3.8, 4) is 0 Å². The van der Waals surface area contributed by atoms with Crippen LogP contribution < -0.4 is 5.32 Å². The van der Waals surface area contributed by atoms with Crippen LogP contribution in [0.25, 0.3) is 0 Å². The van der Waals surface area contributed by atoms with Gasteiger partial charge >= 0.3 is 6.18 Å². The van der Waals surface area contributed by atoms with Crippen molar-refractivity contribution in [1.29, 1.82) is 0 Å². The number of halogens is 4. The van der Waals surface area contributed by atoms with Crippen LogP contribution >= 0.6 is 0 Å². The zero-order valence-corrected chi connectivity index (χ0v) is 14.6. The third-order valence-corrected chi connectivity index (χ3v) is 4.68. The molecule has 144 valence electrons. The summed E-state index contributed by atoms with van der Waals surface area (Å²) < 4.78 is 50.8. The summed E-state index contributed by atoms with van der Waals surface area (Å²) in [6.45, 7) is 2.04. The van der Waals surface area contributed by atoms with Gasteiger partial charge in [-0.1, -0.05) is 12.1 Å². The number of nitrogens with one attached hydrogen (secondary N) is 1. The molecule has 0 radical (unpaired) electrons. The molecule has 3 nitrogen and oxygen atoms in total. The van der Waals surface area contributed by atoms with Crippen LogP contribution in [0.1, 0.15) is 24.0 Å². The SMILES string of the molecule is O=C(Nc1ccc(C(F)(F)F)cc1)[C@H]1CCCN(Cc2ccc(F)cc2)C1. The van der Waals surface area contributed by atoms with Gasteiger partial charge in [0.1, 0.15) is 5.82 Å². The minimum Gasteiger partial charge on any atom is -0.326 e. The molecule has 0 bridgehead atoms. The Balaban J connectivity index is 1.57. The molecule has 1 aliphatic rings. The second-order valence-electron chi connectivity index (χ2n) is 6.77. The number of hydrogen-bond acceptors (Lipinski definition) is 2. The average molecular weight is 380 g/mol. The minimum atomic E-state index is -4.40. The summed E-state index contributed by atoms with van der Waals surface area (Å²) in [5.41, 5.74) is 0.576. The number of rotatable bonds is 4. The molecule has 1 aliphatic heterocycles. The summed E-state index contributed by atoms with van der Waals surface area (Å²) in [4.78, 5) is 14.6. The molecule has 1 fully saturated rings. The van der Waals surface area contributed by atoms with Crippen LogP contribution in [0.4, 0.5) is 23.2 Å². The van der Waals surface area contributed by atoms with Crippen molar-refractivity contribution in [2.45, 2.75) is 25.6 Å². The standard InChI is InChI=1S/C20H20F4N2O/c21-17-7-3-14(4-8-17)12-26-11-1-2-15(13-26)19(27)25-18-9-5-16(6-10-18)20(22,23)24/h3-10,15H,1-2,11-13H2,(H,25,27)/t15-/m0/s1. The van der Waals surface area contributed by atoms with Crippen molar-refractivity contribution >= 4 is 11.6 Å². The number of alkyl halides is 3. The van der Waals surface area contributed by atoms with E-state index in [2.05, 4.69) is 10.2 Å². The Morgan fingerprint density at radius 3 is 2.37 bits per heavy atom. The predicted molar refractivity (Wildman–Crippen MR) is 94.5 cm³/mol. The van der Waals surface area contributed by atoms with Crippen molar-refractivity contribution in [2.75, 3.05) is 18.4 Å². The van der Waals surface area contributed by atoms with Gasteiger partial charge in [0.05, 0.1) is 11.5 Å². The highest BCUT2D eigenvalue weighted by atomic mass is 19.4. The molecule has 7 heteroatoms. The highest BCUT2D eigenvalue weighted by molar-refractivity contribution is 5.92. The van der Waals surface area contributed by atoms with E-state index >= 15 is 0 Å². The molecule has 1 N–H and O–H groups in total. The molecule has 0 saturated carbocycles. The van der Waals surface area contributed by atoms with Crippen LogP contribution in [0.15, 0.2) is 48.5 Å². The van der Waals surface area contributed by atoms with Gasteiger partial charge in [0, 0.05) is 18.8 Å². The van der Waals surface area contributed by atoms with E-state index in [0.29, 0.717) is 18.8 Å². The van der Waals surface area contributed by atoms with Crippen LogP contribution in [0, 0.1) is 11.7 Å². The summed E-state index contributed by atoms with van der Waals surface area (Å²) in [6.07, 6.45) is -2.81. The van der Waals surface area contributed by atoms with Crippen LogP contribution in [0.5, 0.6) is 0 Å². The Labute approximate surface area is 155 Å². The van der Waals surface area contributed by atoms with E-state index < -0.39 is 11.7 Å². The Hall–Kier alpha value is -2.41. The van der Waals surface area contributed by atoms with Gasteiger partial charge in [0.25, 0.3) is 0 Å². The number of benzene rings is 2. The van der Waals surface area contributed by atoms with Crippen molar-refractivity contribution < 1.29 is 22.4 Å². The molecule has 27 heavy (non-hydrogen) atoms. The Kier molecular flexibility index (Phi) is 5.79. The summed E-state index contributed by atoms with van der Waals surface area (Å²) in [5.74, 6) is -0.716. The predicted octanol–water partition coefficient (Wildman–Crippen LogP) is 4.70. The van der Waals surface area contributed by atoms with E-state index in [-0.39, 0.29) is 17.6 Å². The molecule has 3 rings (SSSR count). The summed E-state index contributed by atoms with van der Waals surface area (Å²) >= 11 is 0. The molecule has 0 aromatic heterocycles. The van der Waals surface area contributed by atoms with Crippen LogP contribution in [0.3, 0.4) is 0 Å². The Bertz CT molecular complexity index is 772. The highest BCUT2D eigenvalue weighted by Crippen LogP contribution is 2.30. The number of piperidine rings is 1. The van der Waals surface area contributed by atoms with Gasteiger partial charge in [-0.05, 0) is 61.3 Å². The lowest BCUT2D eigenvalue weighted by molar-refractivity contribution is -0.137. The Morgan fingerprint density at radius 2 is 1.74 bits per heavy atom. The number of anilines is 1. The summed E-state index contributed by atoms with van der Waals surface area (Å²) in [7, 11) is 0. The molecule has 0 unspecified atom stereocenters. The van der Waals surface area contributed by atoms with Crippen LogP contribution in [0.2, 0.25) is 0 Å². The topological polar surface area (TPSA) is 32.3 Å². The van der Waals surface area contributed by atoms with E-state index in [9.17, 15) is 22.4 Å². The lowest BCUT2D eigenvalue weighted by atomic mass is 9.96. The second-order valence-corrected chi connectivity index (χ2v) is 6.77. The van der Waals surface area contributed by atoms with Crippen molar-refractivity contribution in [2.24, 2.45) is 5.92 Å². The Morgan fingerprint density at radius 1 is 1.07 bits per heavy atom. The normalized spacial score (nSPS) is 18.3. The molecule has 2 aromatic carbocycles. The third-order valence-electron chi connectivity index (χ3n) is 4.68. The van der Waals surface area contributed by atoms with Gasteiger partial charge < -0.3 is 5.32 Å². The van der Waals surface area contributed by atoms with Gasteiger partial charge in [-0.3, -0.25) is 9.69 Å². The van der Waals surface area contributed by atoms with Crippen molar-refractivity contribution in [3.63, 3.8) is 0 Å². The minimum absolute atomic E-state index is 0.196. The molecule has 2 aromatic rings. The highest BCUT2D eigenvalue weighted by Gasteiger charge is 2.30. The van der Waals surface area contributed by atoms with Gasteiger partial charge in [0.15, 0.2) is 0 Å². The maximum Gasteiger partial charge on any atom is 0.416 e. The van der Waals surface area contributed by atoms with E-state index in [4.69, 9.17) is 0 Å². The largest absolute Gasteiger partial charge is 0.416 e. The fraction of sp³-hybridized carbons (Fsp3) is 0.350. The first-order valence-corrected chi connectivity index (χ1v) is 8.76. The molecule has 1 saturated heterocycles. The van der Waals surface area contributed by atoms with Gasteiger partial charge in [0.2, 0.25) is 5.91 Å². The number of carbonyl (C=O) groups is 1. The van der Waals surface area contributed by atoms with Crippen molar-refractivity contribution in [1.82, 2.24) is 4.90 Å². The van der Waals surface area contributed by atoms with E-state index in [1.54, 1.807) is 12.1 Å². The number of likely N-dealkylation sites (tertiary alicyclic amines) is 1. The number of amides is 1. The molecule has 0 spiro atoms. The average Bonchev–Trinajstić information content (AvgIpc) is 2.63. The number of carbonyl (C=O) groups excluding carboxylic acids is 1. The fourth-order valence-electron chi connectivity index (χ4n) is 3.25. The van der Waals surface area contributed by atoms with E-state index in [1.807, 2.05) is 0 Å². The molecular formula is C20H20F4N2O. The molecular weight excluding hydrogens is 360 g/mol. The van der Waals surface area contributed by atoms with Crippen LogP contribution in [-0.2, 0) is 17.5 Å². The van der Waals surface area contributed by atoms with E-state index in [0.717, 1.165) is 37.1 Å². The van der Waals surface area contributed by atoms with Gasteiger partial charge in [-0.25, -0.2) is 4.39 Å². The first-order chi connectivity index (χ1) is 12.8. The smallest absolute Gasteiger partial charge is 0.326 e. The monoisotopic (exact) mass is 380 g/mol. The lowest BCUT2D eigenvalue weighted by Crippen LogP contribution is -2.40. The number of nitrogens with zero attached hydrogens (tertiary/aromatic N) is 1. The van der Waals surface area contributed by atoms with Crippen molar-refractivity contribution in [3.05, 3.63) is 65.5 Å². The second kappa shape index (κ2) is 8.08. The van der Waals surface area contributed by atoms with E-state index in [1.165, 1.54) is 24.3 Å². The fourth-order valence-corrected chi connectivity index (χ4v) is 3.25. The summed E-state index contributed by atoms with van der Waals surface area (Å²) in [5, 5.41) is 2.70. The third kappa shape index (κ3) is 5.29. The summed E-state index contributed by atoms with van der Waals surface area (Å²) in [6, 6.07) is 10.7.